The van der Waals surface area contributed by atoms with Gasteiger partial charge in [0.1, 0.15) is 23.4 Å². The number of para-hydroxylation sites is 1. The number of aromatic hydroxyl groups is 1. The first-order chi connectivity index (χ1) is 18.8. The minimum absolute atomic E-state index is 0.0582. The molecule has 0 aromatic heterocycles. The molecular formula is C30H40N4O6. The normalized spacial score (nSPS) is 14.8. The molecule has 0 bridgehead atoms. The minimum atomic E-state index is -1.16. The summed E-state index contributed by atoms with van der Waals surface area (Å²) in [6, 6.07) is 9.60. The number of hydrogen-bond donors (Lipinski definition) is 4. The number of carbonyl (C=O) groups excluding carboxylic acids is 4. The van der Waals surface area contributed by atoms with E-state index < -0.39 is 41.5 Å². The number of ether oxygens (including phenoxy) is 1. The van der Waals surface area contributed by atoms with E-state index in [1.165, 1.54) is 11.0 Å². The number of aryl methyl sites for hydroxylation is 2. The van der Waals surface area contributed by atoms with Crippen molar-refractivity contribution in [2.45, 2.75) is 90.4 Å². The van der Waals surface area contributed by atoms with Gasteiger partial charge in [0, 0.05) is 18.2 Å². The number of hydrogen-bond acceptors (Lipinski definition) is 6. The van der Waals surface area contributed by atoms with Gasteiger partial charge >= 0.3 is 6.09 Å². The van der Waals surface area contributed by atoms with Crippen molar-refractivity contribution in [3.63, 3.8) is 0 Å². The number of nitrogens with one attached hydrogen (secondary N) is 2. The molecule has 4 amide bonds. The molecule has 2 unspecified atom stereocenters. The minimum Gasteiger partial charge on any atom is -0.508 e. The Bertz CT molecular complexity index is 1250. The Kier molecular flexibility index (Phi) is 9.78. The van der Waals surface area contributed by atoms with E-state index in [1.807, 2.05) is 25.1 Å². The maximum Gasteiger partial charge on any atom is 0.408 e. The molecule has 10 heteroatoms. The third-order valence-electron chi connectivity index (χ3n) is 6.86. The maximum atomic E-state index is 14.3. The number of nitrogens with two attached hydrogens (primary N) is 1. The highest BCUT2D eigenvalue weighted by Crippen LogP contribution is 2.36. The van der Waals surface area contributed by atoms with Crippen molar-refractivity contribution in [3.05, 3.63) is 59.2 Å². The van der Waals surface area contributed by atoms with Gasteiger partial charge in [-0.15, -0.1) is 0 Å². The lowest BCUT2D eigenvalue weighted by atomic mass is 9.87. The molecule has 216 valence electrons. The van der Waals surface area contributed by atoms with Gasteiger partial charge in [0.15, 0.2) is 0 Å². The monoisotopic (exact) mass is 552 g/mol. The van der Waals surface area contributed by atoms with Crippen LogP contribution in [0.3, 0.4) is 0 Å². The molecule has 40 heavy (non-hydrogen) atoms. The van der Waals surface area contributed by atoms with Gasteiger partial charge in [-0.2, -0.15) is 0 Å². The summed E-state index contributed by atoms with van der Waals surface area (Å²) >= 11 is 0. The van der Waals surface area contributed by atoms with Gasteiger partial charge in [0.2, 0.25) is 11.8 Å². The quantitative estimate of drug-likeness (QED) is 0.346. The lowest BCUT2D eigenvalue weighted by Crippen LogP contribution is -2.57. The second-order valence-corrected chi connectivity index (χ2v) is 11.3. The third kappa shape index (κ3) is 7.97. The lowest BCUT2D eigenvalue weighted by molar-refractivity contribution is -0.146. The zero-order chi connectivity index (χ0) is 29.6. The van der Waals surface area contributed by atoms with E-state index in [0.29, 0.717) is 29.7 Å². The number of primary amides is 1. The largest absolute Gasteiger partial charge is 0.508 e. The molecular weight excluding hydrogens is 512 g/mol. The van der Waals surface area contributed by atoms with Crippen molar-refractivity contribution in [2.24, 2.45) is 5.73 Å². The molecule has 1 fully saturated rings. The fraction of sp³-hybridized carbons (Fsp3) is 0.467. The molecule has 2 aromatic rings. The van der Waals surface area contributed by atoms with E-state index in [1.54, 1.807) is 45.9 Å². The number of rotatable bonds is 10. The standard InChI is InChI=1S/C30H40N4O6/c1-18-9-6-7-12-22(18)32-27(37)26(20-13-15-24(35)19(2)17-20)34(21-10-8-11-21)28(38)23(14-16-25(31)36)33-29(39)40-30(3,4)5/h6-7,9,12-13,15,17,21,23,26,35H,8,10-11,14,16H2,1-5H3,(H2,31,36)(H,32,37)(H,33,39). The van der Waals surface area contributed by atoms with Crippen LogP contribution in [0.1, 0.15) is 75.6 Å². The van der Waals surface area contributed by atoms with Gasteiger partial charge in [-0.25, -0.2) is 4.79 Å². The molecule has 0 heterocycles. The molecule has 1 aliphatic carbocycles. The fourth-order valence-electron chi connectivity index (χ4n) is 4.56. The van der Waals surface area contributed by atoms with Crippen molar-refractivity contribution in [2.75, 3.05) is 5.32 Å². The first-order valence-electron chi connectivity index (χ1n) is 13.5. The Morgan fingerprint density at radius 1 is 1.07 bits per heavy atom. The van der Waals surface area contributed by atoms with Gasteiger partial charge in [0.05, 0.1) is 0 Å². The van der Waals surface area contributed by atoms with Crippen LogP contribution in [-0.4, -0.2) is 51.5 Å². The smallest absolute Gasteiger partial charge is 0.408 e. The lowest BCUT2D eigenvalue weighted by Gasteiger charge is -2.43. The number of amides is 4. The Hall–Kier alpha value is -4.08. The van der Waals surface area contributed by atoms with Gasteiger partial charge in [0.25, 0.3) is 5.91 Å². The zero-order valence-electron chi connectivity index (χ0n) is 23.8. The van der Waals surface area contributed by atoms with Crippen LogP contribution in [0.4, 0.5) is 10.5 Å². The maximum absolute atomic E-state index is 14.3. The molecule has 0 aliphatic heterocycles. The van der Waals surface area contributed by atoms with Crippen LogP contribution in [0.15, 0.2) is 42.5 Å². The number of benzene rings is 2. The van der Waals surface area contributed by atoms with Crippen LogP contribution >= 0.6 is 0 Å². The fourth-order valence-corrected chi connectivity index (χ4v) is 4.56. The van der Waals surface area contributed by atoms with Crippen LogP contribution in [0.5, 0.6) is 5.75 Å². The van der Waals surface area contributed by atoms with Crippen LogP contribution < -0.4 is 16.4 Å². The van der Waals surface area contributed by atoms with Crippen LogP contribution in [-0.2, 0) is 19.1 Å². The van der Waals surface area contributed by atoms with Gasteiger partial charge in [-0.3, -0.25) is 14.4 Å². The molecule has 0 radical (unpaired) electrons. The number of phenolic OH excluding ortho intramolecular Hbond substituents is 1. The van der Waals surface area contributed by atoms with E-state index in [2.05, 4.69) is 10.6 Å². The Morgan fingerprint density at radius 3 is 2.30 bits per heavy atom. The number of alkyl carbamates (subject to hydrolysis) is 1. The Morgan fingerprint density at radius 2 is 1.75 bits per heavy atom. The molecule has 1 saturated carbocycles. The highest BCUT2D eigenvalue weighted by molar-refractivity contribution is 5.99. The summed E-state index contributed by atoms with van der Waals surface area (Å²) in [5.74, 6) is -1.52. The molecule has 5 N–H and O–H groups in total. The summed E-state index contributed by atoms with van der Waals surface area (Å²) in [4.78, 5) is 54.1. The highest BCUT2D eigenvalue weighted by atomic mass is 16.6. The summed E-state index contributed by atoms with van der Waals surface area (Å²) in [6.45, 7) is 8.69. The molecule has 1 aliphatic rings. The van der Waals surface area contributed by atoms with E-state index >= 15 is 0 Å². The Labute approximate surface area is 235 Å². The first-order valence-corrected chi connectivity index (χ1v) is 13.5. The van der Waals surface area contributed by atoms with Crippen molar-refractivity contribution < 1.29 is 29.0 Å². The van der Waals surface area contributed by atoms with Crippen molar-refractivity contribution in [1.29, 1.82) is 0 Å². The van der Waals surface area contributed by atoms with Crippen LogP contribution in [0.2, 0.25) is 0 Å². The van der Waals surface area contributed by atoms with E-state index in [4.69, 9.17) is 10.5 Å². The van der Waals surface area contributed by atoms with Gasteiger partial charge in [-0.05, 0) is 95.2 Å². The molecule has 10 nitrogen and oxygen atoms in total. The molecule has 3 rings (SSSR count). The average molecular weight is 553 g/mol. The van der Waals surface area contributed by atoms with E-state index in [-0.39, 0.29) is 24.6 Å². The second kappa shape index (κ2) is 12.8. The van der Waals surface area contributed by atoms with Crippen LogP contribution in [0, 0.1) is 13.8 Å². The first kappa shape index (κ1) is 30.5. The summed E-state index contributed by atoms with van der Waals surface area (Å²) in [7, 11) is 0. The predicted octanol–water partition coefficient (Wildman–Crippen LogP) is 4.23. The summed E-state index contributed by atoms with van der Waals surface area (Å²) in [5, 5.41) is 15.7. The number of phenols is 1. The van der Waals surface area contributed by atoms with Crippen molar-refractivity contribution >= 4 is 29.5 Å². The topological polar surface area (TPSA) is 151 Å². The van der Waals surface area contributed by atoms with Crippen LogP contribution in [0.25, 0.3) is 0 Å². The third-order valence-corrected chi connectivity index (χ3v) is 6.86. The molecule has 0 saturated heterocycles. The summed E-state index contributed by atoms with van der Waals surface area (Å²) in [6.07, 6.45) is 1.20. The van der Waals surface area contributed by atoms with Gasteiger partial charge < -0.3 is 31.1 Å². The zero-order valence-corrected chi connectivity index (χ0v) is 23.8. The SMILES string of the molecule is Cc1cc(C(C(=O)Nc2ccccc2C)N(C(=O)C(CCC(N)=O)NC(=O)OC(C)(C)C)C2CCC2)ccc1O. The van der Waals surface area contributed by atoms with Gasteiger partial charge in [-0.1, -0.05) is 24.3 Å². The number of carbonyl (C=O) groups is 4. The summed E-state index contributed by atoms with van der Waals surface area (Å²) < 4.78 is 5.38. The van der Waals surface area contributed by atoms with Crippen molar-refractivity contribution in [3.8, 4) is 5.75 Å². The highest BCUT2D eigenvalue weighted by Gasteiger charge is 2.42. The Balaban J connectivity index is 2.06. The predicted molar refractivity (Wildman–Crippen MR) is 151 cm³/mol. The second-order valence-electron chi connectivity index (χ2n) is 11.3. The van der Waals surface area contributed by atoms with Crippen molar-refractivity contribution in [1.82, 2.24) is 10.2 Å². The molecule has 0 spiro atoms. The van der Waals surface area contributed by atoms with E-state index in [9.17, 15) is 24.3 Å². The summed E-state index contributed by atoms with van der Waals surface area (Å²) in [5.41, 5.74) is 7.08. The van der Waals surface area contributed by atoms with E-state index in [0.717, 1.165) is 12.0 Å². The number of nitrogens with zero attached hydrogens (tertiary/aromatic N) is 1. The molecule has 2 aromatic carbocycles. The number of anilines is 1. The molecule has 2 atom stereocenters. The average Bonchev–Trinajstić information content (AvgIpc) is 2.82.